The monoisotopic (exact) mass is 364 g/mol. The summed E-state index contributed by atoms with van der Waals surface area (Å²) in [4.78, 5) is 15.7. The van der Waals surface area contributed by atoms with Gasteiger partial charge in [-0.15, -0.1) is 0 Å². The Morgan fingerprint density at radius 1 is 1.24 bits per heavy atom. The van der Waals surface area contributed by atoms with E-state index in [0.717, 1.165) is 29.3 Å². The summed E-state index contributed by atoms with van der Waals surface area (Å²) in [7, 11) is -3.77. The Morgan fingerprint density at radius 2 is 1.96 bits per heavy atom. The van der Waals surface area contributed by atoms with Crippen molar-refractivity contribution >= 4 is 27.0 Å². The first-order valence-electron chi connectivity index (χ1n) is 8.49. The lowest BCUT2D eigenvalue weighted by Gasteiger charge is -2.19. The zero-order valence-electron chi connectivity index (χ0n) is 14.4. The molecule has 1 heterocycles. The van der Waals surface area contributed by atoms with E-state index >= 15 is 0 Å². The maximum Gasteiger partial charge on any atom is 0.277 e. The van der Waals surface area contributed by atoms with Crippen LogP contribution in [0.4, 0.5) is 0 Å². The Hall–Kier alpha value is -1.90. The normalized spacial score (nSPS) is 16.3. The molecule has 8 heteroatoms. The van der Waals surface area contributed by atoms with Crippen molar-refractivity contribution in [2.75, 3.05) is 0 Å². The number of H-pyrrole nitrogens is 1. The van der Waals surface area contributed by atoms with Crippen LogP contribution in [0.2, 0.25) is 0 Å². The smallest absolute Gasteiger partial charge is 0.277 e. The molecule has 1 aliphatic carbocycles. The lowest BCUT2D eigenvalue weighted by Crippen LogP contribution is -2.52. The first-order valence-corrected chi connectivity index (χ1v) is 9.97. The first-order chi connectivity index (χ1) is 11.8. The highest BCUT2D eigenvalue weighted by atomic mass is 32.2. The molecular formula is C17H24N4O3S. The molecule has 1 fully saturated rings. The number of aromatic nitrogens is 1. The van der Waals surface area contributed by atoms with E-state index in [0.29, 0.717) is 0 Å². The van der Waals surface area contributed by atoms with E-state index in [1.54, 1.807) is 13.8 Å². The first kappa shape index (κ1) is 17.9. The summed E-state index contributed by atoms with van der Waals surface area (Å²) in [6, 6.07) is 6.80. The molecule has 1 aromatic heterocycles. The maximum atomic E-state index is 12.5. The van der Waals surface area contributed by atoms with Gasteiger partial charge < -0.3 is 10.3 Å². The molecule has 136 valence electrons. The fraction of sp³-hybridized carbons (Fsp3) is 0.471. The van der Waals surface area contributed by atoms with Gasteiger partial charge in [0.2, 0.25) is 5.91 Å². The van der Waals surface area contributed by atoms with Crippen LogP contribution in [0, 0.1) is 0 Å². The molecule has 3 rings (SSSR count). The van der Waals surface area contributed by atoms with Gasteiger partial charge in [-0.05, 0) is 44.7 Å². The molecule has 2 aromatic rings. The van der Waals surface area contributed by atoms with Gasteiger partial charge in [-0.3, -0.25) is 4.79 Å². The van der Waals surface area contributed by atoms with E-state index < -0.39 is 16.3 Å². The van der Waals surface area contributed by atoms with Crippen LogP contribution in [-0.2, 0) is 21.4 Å². The fourth-order valence-electron chi connectivity index (χ4n) is 2.77. The number of fused-ring (bicyclic) bond motifs is 1. The van der Waals surface area contributed by atoms with Crippen molar-refractivity contribution in [3.05, 3.63) is 36.0 Å². The number of nitrogens with one attached hydrogen (secondary N) is 4. The summed E-state index contributed by atoms with van der Waals surface area (Å²) in [5, 5.41) is 3.88. The summed E-state index contributed by atoms with van der Waals surface area (Å²) in [6.45, 7) is 3.47. The van der Waals surface area contributed by atoms with Crippen molar-refractivity contribution < 1.29 is 13.2 Å². The number of hydrogen-bond acceptors (Lipinski definition) is 3. The minimum Gasteiger partial charge on any atom is -0.361 e. The third kappa shape index (κ3) is 4.81. The van der Waals surface area contributed by atoms with Gasteiger partial charge in [-0.25, -0.2) is 0 Å². The number of carbonyl (C=O) groups is 1. The summed E-state index contributed by atoms with van der Waals surface area (Å²) < 4.78 is 29.4. The summed E-state index contributed by atoms with van der Waals surface area (Å²) in [5.41, 5.74) is 1.86. The lowest BCUT2D eigenvalue weighted by molar-refractivity contribution is -0.122. The zero-order chi connectivity index (χ0) is 18.0. The number of benzene rings is 1. The van der Waals surface area contributed by atoms with Crippen molar-refractivity contribution in [1.82, 2.24) is 19.7 Å². The molecule has 1 aromatic carbocycles. The maximum absolute atomic E-state index is 12.5. The fourth-order valence-corrected chi connectivity index (χ4v) is 4.02. The van der Waals surface area contributed by atoms with Crippen LogP contribution >= 0.6 is 0 Å². The third-order valence-electron chi connectivity index (χ3n) is 4.03. The number of amides is 1. The molecule has 0 spiro atoms. The number of carbonyl (C=O) groups excluding carboxylic acids is 1. The van der Waals surface area contributed by atoms with Crippen LogP contribution in [-0.4, -0.2) is 37.4 Å². The SMILES string of the molecule is CC(C)NS(=O)(=O)NC(Cc1c[nH]c2ccccc12)C(=O)NC1CC1. The van der Waals surface area contributed by atoms with Gasteiger partial charge in [0.05, 0.1) is 0 Å². The molecule has 0 bridgehead atoms. The van der Waals surface area contributed by atoms with Gasteiger partial charge >= 0.3 is 0 Å². The van der Waals surface area contributed by atoms with Crippen LogP contribution in [0.15, 0.2) is 30.5 Å². The molecule has 1 aliphatic rings. The number of aromatic amines is 1. The van der Waals surface area contributed by atoms with Gasteiger partial charge in [0.15, 0.2) is 0 Å². The summed E-state index contributed by atoms with van der Waals surface area (Å²) in [6.07, 6.45) is 4.00. The molecule has 25 heavy (non-hydrogen) atoms. The van der Waals surface area contributed by atoms with E-state index in [1.807, 2.05) is 30.5 Å². The van der Waals surface area contributed by atoms with Crippen molar-refractivity contribution in [3.63, 3.8) is 0 Å². The number of hydrogen-bond donors (Lipinski definition) is 4. The molecule has 1 amide bonds. The highest BCUT2D eigenvalue weighted by Crippen LogP contribution is 2.21. The Bertz CT molecular complexity index is 856. The molecule has 1 saturated carbocycles. The van der Waals surface area contributed by atoms with Gasteiger partial charge in [0, 0.05) is 29.2 Å². The number of rotatable bonds is 8. The second-order valence-electron chi connectivity index (χ2n) is 6.79. The largest absolute Gasteiger partial charge is 0.361 e. The lowest BCUT2D eigenvalue weighted by atomic mass is 10.1. The zero-order valence-corrected chi connectivity index (χ0v) is 15.2. The Labute approximate surface area is 147 Å². The molecule has 1 unspecified atom stereocenters. The van der Waals surface area contributed by atoms with Crippen LogP contribution in [0.3, 0.4) is 0 Å². The number of para-hydroxylation sites is 1. The Balaban J connectivity index is 1.81. The molecule has 4 N–H and O–H groups in total. The third-order valence-corrected chi connectivity index (χ3v) is 5.40. The minimum absolute atomic E-state index is 0.167. The predicted molar refractivity (Wildman–Crippen MR) is 97.3 cm³/mol. The van der Waals surface area contributed by atoms with E-state index in [-0.39, 0.29) is 24.4 Å². The molecule has 0 radical (unpaired) electrons. The standard InChI is InChI=1S/C17H24N4O3S/c1-11(2)20-25(23,24)21-16(17(22)19-13-7-8-13)9-12-10-18-15-6-4-3-5-14(12)15/h3-6,10-11,13,16,18,20-21H,7-9H2,1-2H3,(H,19,22). The Kier molecular flexibility index (Phi) is 5.12. The van der Waals surface area contributed by atoms with Crippen LogP contribution < -0.4 is 14.8 Å². The van der Waals surface area contributed by atoms with Gasteiger partial charge in [0.25, 0.3) is 10.2 Å². The average Bonchev–Trinajstić information content (AvgIpc) is 3.24. The van der Waals surface area contributed by atoms with Crippen LogP contribution in [0.1, 0.15) is 32.3 Å². The molecule has 0 aliphatic heterocycles. The molecule has 7 nitrogen and oxygen atoms in total. The predicted octanol–water partition coefficient (Wildman–Crippen LogP) is 1.19. The van der Waals surface area contributed by atoms with Crippen LogP contribution in [0.25, 0.3) is 10.9 Å². The Morgan fingerprint density at radius 3 is 2.64 bits per heavy atom. The molecule has 0 saturated heterocycles. The molecule has 1 atom stereocenters. The highest BCUT2D eigenvalue weighted by Gasteiger charge is 2.30. The van der Waals surface area contributed by atoms with Crippen molar-refractivity contribution in [1.29, 1.82) is 0 Å². The van der Waals surface area contributed by atoms with E-state index in [2.05, 4.69) is 19.7 Å². The second-order valence-corrected chi connectivity index (χ2v) is 8.27. The van der Waals surface area contributed by atoms with Crippen molar-refractivity contribution in [2.45, 2.75) is 51.2 Å². The summed E-state index contributed by atoms with van der Waals surface area (Å²) in [5.74, 6) is -0.290. The molecular weight excluding hydrogens is 340 g/mol. The van der Waals surface area contributed by atoms with E-state index in [1.165, 1.54) is 0 Å². The van der Waals surface area contributed by atoms with E-state index in [4.69, 9.17) is 0 Å². The highest BCUT2D eigenvalue weighted by molar-refractivity contribution is 7.87. The second kappa shape index (κ2) is 7.15. The van der Waals surface area contributed by atoms with Gasteiger partial charge in [-0.2, -0.15) is 17.9 Å². The quantitative estimate of drug-likeness (QED) is 0.566. The van der Waals surface area contributed by atoms with Gasteiger partial charge in [0.1, 0.15) is 6.04 Å². The van der Waals surface area contributed by atoms with Crippen molar-refractivity contribution in [2.24, 2.45) is 0 Å². The summed E-state index contributed by atoms with van der Waals surface area (Å²) >= 11 is 0. The topological polar surface area (TPSA) is 103 Å². The average molecular weight is 364 g/mol. The minimum atomic E-state index is -3.77. The van der Waals surface area contributed by atoms with Crippen LogP contribution in [0.5, 0.6) is 0 Å². The van der Waals surface area contributed by atoms with E-state index in [9.17, 15) is 13.2 Å². The van der Waals surface area contributed by atoms with Gasteiger partial charge in [-0.1, -0.05) is 18.2 Å². The van der Waals surface area contributed by atoms with Crippen molar-refractivity contribution in [3.8, 4) is 0 Å².